The van der Waals surface area contributed by atoms with E-state index < -0.39 is 34.6 Å². The summed E-state index contributed by atoms with van der Waals surface area (Å²) in [5, 5.41) is 2.45. The van der Waals surface area contributed by atoms with Crippen LogP contribution in [0.3, 0.4) is 0 Å². The van der Waals surface area contributed by atoms with Crippen molar-refractivity contribution in [2.75, 3.05) is 6.61 Å². The largest absolute Gasteiger partial charge is 0.461 e. The molecule has 6 nitrogen and oxygen atoms in total. The molecule has 0 atom stereocenters. The minimum absolute atomic E-state index is 0.0806. The molecule has 1 N–H and O–H groups in total. The summed E-state index contributed by atoms with van der Waals surface area (Å²) < 4.78 is 20.0. The van der Waals surface area contributed by atoms with Gasteiger partial charge in [-0.2, -0.15) is 0 Å². The van der Waals surface area contributed by atoms with Crippen molar-refractivity contribution >= 4 is 17.7 Å². The first-order chi connectivity index (χ1) is 9.58. The molecule has 0 saturated heterocycles. The SMILES string of the molecule is CCOC(=O)c1c(F)c(C(=O)C(=O)NC(C)(C)C)cn1C. The number of carbonyl (C=O) groups is 3. The number of Topliss-reactive ketones (excluding diaryl/α,β-unsaturated/α-hetero) is 1. The Labute approximate surface area is 122 Å². The molecule has 7 heteroatoms. The minimum Gasteiger partial charge on any atom is -0.461 e. The van der Waals surface area contributed by atoms with Crippen LogP contribution in [0, 0.1) is 5.82 Å². The summed E-state index contributed by atoms with van der Waals surface area (Å²) in [6.07, 6.45) is 1.10. The molecule has 116 valence electrons. The van der Waals surface area contributed by atoms with Crippen LogP contribution in [-0.4, -0.2) is 34.4 Å². The molecule has 0 aromatic carbocycles. The molecule has 0 unspecified atom stereocenters. The van der Waals surface area contributed by atoms with Gasteiger partial charge in [0.2, 0.25) is 0 Å². The third kappa shape index (κ3) is 3.90. The first kappa shape index (κ1) is 16.9. The number of carbonyl (C=O) groups excluding carboxylic acids is 3. The fourth-order valence-electron chi connectivity index (χ4n) is 1.71. The Hall–Kier alpha value is -2.18. The number of ether oxygens (including phenoxy) is 1. The first-order valence-electron chi connectivity index (χ1n) is 6.47. The smallest absolute Gasteiger partial charge is 0.358 e. The summed E-state index contributed by atoms with van der Waals surface area (Å²) >= 11 is 0. The van der Waals surface area contributed by atoms with Crippen LogP contribution in [0.4, 0.5) is 4.39 Å². The van der Waals surface area contributed by atoms with Gasteiger partial charge in [0, 0.05) is 18.8 Å². The van der Waals surface area contributed by atoms with E-state index in [0.29, 0.717) is 0 Å². The van der Waals surface area contributed by atoms with Gasteiger partial charge in [-0.05, 0) is 27.7 Å². The number of hydrogen-bond donors (Lipinski definition) is 1. The molecule has 0 aliphatic carbocycles. The van der Waals surface area contributed by atoms with Gasteiger partial charge in [0.1, 0.15) is 0 Å². The summed E-state index contributed by atoms with van der Waals surface area (Å²) in [5.41, 5.74) is -1.46. The van der Waals surface area contributed by atoms with Crippen LogP contribution < -0.4 is 5.32 Å². The fourth-order valence-corrected chi connectivity index (χ4v) is 1.71. The van der Waals surface area contributed by atoms with Gasteiger partial charge < -0.3 is 14.6 Å². The second-order valence-corrected chi connectivity index (χ2v) is 5.57. The summed E-state index contributed by atoms with van der Waals surface area (Å²) in [5.74, 6) is -3.89. The van der Waals surface area contributed by atoms with Gasteiger partial charge in [-0.3, -0.25) is 9.59 Å². The van der Waals surface area contributed by atoms with E-state index in [2.05, 4.69) is 5.32 Å². The van der Waals surface area contributed by atoms with Crippen LogP contribution in [0.15, 0.2) is 6.20 Å². The summed E-state index contributed by atoms with van der Waals surface area (Å²) in [7, 11) is 1.40. The molecular formula is C14H19FN2O4. The van der Waals surface area contributed by atoms with Crippen molar-refractivity contribution < 1.29 is 23.5 Å². The van der Waals surface area contributed by atoms with E-state index >= 15 is 0 Å². The number of nitrogens with one attached hydrogen (secondary N) is 1. The van der Waals surface area contributed by atoms with Crippen LogP contribution in [0.2, 0.25) is 0 Å². The van der Waals surface area contributed by atoms with Gasteiger partial charge >= 0.3 is 5.97 Å². The van der Waals surface area contributed by atoms with E-state index in [4.69, 9.17) is 4.74 Å². The lowest BCUT2D eigenvalue weighted by Crippen LogP contribution is -2.44. The summed E-state index contributed by atoms with van der Waals surface area (Å²) in [4.78, 5) is 35.4. The number of halogens is 1. The Kier molecular flexibility index (Phi) is 4.88. The zero-order valence-electron chi connectivity index (χ0n) is 12.7. The predicted octanol–water partition coefficient (Wildman–Crippen LogP) is 1.44. The van der Waals surface area contributed by atoms with Crippen molar-refractivity contribution in [3.8, 4) is 0 Å². The fraction of sp³-hybridized carbons (Fsp3) is 0.500. The number of esters is 1. The van der Waals surface area contributed by atoms with Gasteiger partial charge in [0.25, 0.3) is 11.7 Å². The Morgan fingerprint density at radius 3 is 2.38 bits per heavy atom. The predicted molar refractivity (Wildman–Crippen MR) is 73.6 cm³/mol. The number of hydrogen-bond acceptors (Lipinski definition) is 4. The molecule has 1 amide bonds. The van der Waals surface area contributed by atoms with E-state index in [-0.39, 0.29) is 12.3 Å². The number of amides is 1. The van der Waals surface area contributed by atoms with Gasteiger partial charge in [-0.15, -0.1) is 0 Å². The molecule has 0 aliphatic rings. The molecule has 1 aromatic rings. The molecule has 0 bridgehead atoms. The lowest BCUT2D eigenvalue weighted by atomic mass is 10.1. The molecule has 0 radical (unpaired) electrons. The molecular weight excluding hydrogens is 279 g/mol. The Balaban J connectivity index is 3.10. The summed E-state index contributed by atoms with van der Waals surface area (Å²) in [6, 6.07) is 0. The van der Waals surface area contributed by atoms with Crippen LogP contribution in [0.25, 0.3) is 0 Å². The Morgan fingerprint density at radius 1 is 1.33 bits per heavy atom. The zero-order chi connectivity index (χ0) is 16.4. The average molecular weight is 298 g/mol. The third-order valence-electron chi connectivity index (χ3n) is 2.53. The highest BCUT2D eigenvalue weighted by Gasteiger charge is 2.30. The normalized spacial score (nSPS) is 11.1. The maximum atomic E-state index is 14.2. The molecule has 1 aromatic heterocycles. The van der Waals surface area contributed by atoms with Gasteiger partial charge in [-0.25, -0.2) is 9.18 Å². The Morgan fingerprint density at radius 2 is 1.90 bits per heavy atom. The maximum absolute atomic E-state index is 14.2. The first-order valence-corrected chi connectivity index (χ1v) is 6.47. The number of ketones is 1. The topological polar surface area (TPSA) is 77.4 Å². The molecule has 0 spiro atoms. The van der Waals surface area contributed by atoms with Crippen molar-refractivity contribution in [3.05, 3.63) is 23.3 Å². The second kappa shape index (κ2) is 6.07. The molecule has 0 fully saturated rings. The molecule has 1 rings (SSSR count). The van der Waals surface area contributed by atoms with Crippen molar-refractivity contribution in [1.82, 2.24) is 9.88 Å². The lowest BCUT2D eigenvalue weighted by molar-refractivity contribution is -0.118. The molecule has 21 heavy (non-hydrogen) atoms. The average Bonchev–Trinajstić information content (AvgIpc) is 2.62. The minimum atomic E-state index is -1.05. The van der Waals surface area contributed by atoms with Crippen molar-refractivity contribution in [2.45, 2.75) is 33.2 Å². The molecule has 0 saturated carbocycles. The van der Waals surface area contributed by atoms with Gasteiger partial charge in [0.05, 0.1) is 12.2 Å². The standard InChI is InChI=1S/C14H19FN2O4/c1-6-21-13(20)10-9(15)8(7-17(10)5)11(18)12(19)16-14(2,3)4/h7H,6H2,1-5H3,(H,16,19). The monoisotopic (exact) mass is 298 g/mol. The van der Waals surface area contributed by atoms with E-state index in [1.807, 2.05) is 0 Å². The second-order valence-electron chi connectivity index (χ2n) is 5.57. The van der Waals surface area contributed by atoms with Crippen molar-refractivity contribution in [2.24, 2.45) is 7.05 Å². The lowest BCUT2D eigenvalue weighted by Gasteiger charge is -2.19. The van der Waals surface area contributed by atoms with Crippen LogP contribution in [-0.2, 0) is 16.6 Å². The molecule has 0 aliphatic heterocycles. The van der Waals surface area contributed by atoms with Crippen molar-refractivity contribution in [1.29, 1.82) is 0 Å². The summed E-state index contributed by atoms with van der Waals surface area (Å²) in [6.45, 7) is 6.76. The van der Waals surface area contributed by atoms with E-state index in [0.717, 1.165) is 10.8 Å². The quantitative estimate of drug-likeness (QED) is 0.518. The van der Waals surface area contributed by atoms with Gasteiger partial charge in [-0.1, -0.05) is 0 Å². The van der Waals surface area contributed by atoms with E-state index in [1.165, 1.54) is 7.05 Å². The van der Waals surface area contributed by atoms with Crippen LogP contribution in [0.5, 0.6) is 0 Å². The number of aromatic nitrogens is 1. The van der Waals surface area contributed by atoms with Gasteiger partial charge in [0.15, 0.2) is 11.5 Å². The highest BCUT2D eigenvalue weighted by molar-refractivity contribution is 6.43. The maximum Gasteiger partial charge on any atom is 0.358 e. The van der Waals surface area contributed by atoms with E-state index in [9.17, 15) is 18.8 Å². The van der Waals surface area contributed by atoms with Crippen molar-refractivity contribution in [3.63, 3.8) is 0 Å². The van der Waals surface area contributed by atoms with Crippen LogP contribution >= 0.6 is 0 Å². The molecule has 1 heterocycles. The zero-order valence-corrected chi connectivity index (χ0v) is 12.7. The highest BCUT2D eigenvalue weighted by Crippen LogP contribution is 2.17. The highest BCUT2D eigenvalue weighted by atomic mass is 19.1. The number of nitrogens with zero attached hydrogens (tertiary/aromatic N) is 1. The Bertz CT molecular complexity index is 585. The van der Waals surface area contributed by atoms with Crippen LogP contribution in [0.1, 0.15) is 48.5 Å². The van der Waals surface area contributed by atoms with E-state index in [1.54, 1.807) is 27.7 Å². The third-order valence-corrected chi connectivity index (χ3v) is 2.53. The number of rotatable bonds is 4. The number of aryl methyl sites for hydroxylation is 1.